The number of ether oxygens (including phenoxy) is 1. The van der Waals surface area contributed by atoms with Crippen LogP contribution in [0.2, 0.25) is 0 Å². The Balaban J connectivity index is 1.72. The molecule has 7 nitrogen and oxygen atoms in total. The quantitative estimate of drug-likeness (QED) is 0.580. The van der Waals surface area contributed by atoms with Crippen molar-refractivity contribution in [3.8, 4) is 5.75 Å². The highest BCUT2D eigenvalue weighted by Crippen LogP contribution is 2.25. The van der Waals surface area contributed by atoms with Crippen LogP contribution >= 0.6 is 0 Å². The lowest BCUT2D eigenvalue weighted by atomic mass is 10.1. The van der Waals surface area contributed by atoms with Crippen molar-refractivity contribution in [2.45, 2.75) is 12.8 Å². The fraction of sp³-hybridized carbons (Fsp3) is 0.500. The molecule has 1 aromatic rings. The molecule has 21 heavy (non-hydrogen) atoms. The number of hydrogen-bond acceptors (Lipinski definition) is 5. The smallest absolute Gasteiger partial charge is 0.310 e. The second-order valence-corrected chi connectivity index (χ2v) is 5.01. The first-order chi connectivity index (χ1) is 10.2. The van der Waals surface area contributed by atoms with Crippen LogP contribution in [-0.2, 0) is 4.79 Å². The molecule has 1 aromatic carbocycles. The molecule has 1 aliphatic rings. The predicted molar refractivity (Wildman–Crippen MR) is 77.2 cm³/mol. The first-order valence-electron chi connectivity index (χ1n) is 7.00. The molecule has 1 saturated heterocycles. The maximum absolute atomic E-state index is 11.6. The summed E-state index contributed by atoms with van der Waals surface area (Å²) in [6.07, 6.45) is 2.08. The standard InChI is InChI=1S/C14H19N3O4/c18-14(16-8-6-11-5-7-15-9-11)10-21-13-4-2-1-3-12(13)17(19)20/h1-4,11,15H,5-10H2,(H,16,18). The second kappa shape index (κ2) is 7.58. The first-order valence-corrected chi connectivity index (χ1v) is 7.00. The molecule has 1 aliphatic heterocycles. The zero-order valence-corrected chi connectivity index (χ0v) is 11.7. The Morgan fingerprint density at radius 1 is 1.48 bits per heavy atom. The topological polar surface area (TPSA) is 93.5 Å². The van der Waals surface area contributed by atoms with Crippen molar-refractivity contribution in [3.05, 3.63) is 34.4 Å². The molecule has 0 bridgehead atoms. The fourth-order valence-electron chi connectivity index (χ4n) is 2.30. The molecule has 1 amide bonds. The van der Waals surface area contributed by atoms with Crippen LogP contribution < -0.4 is 15.4 Å². The summed E-state index contributed by atoms with van der Waals surface area (Å²) in [5, 5.41) is 16.8. The predicted octanol–water partition coefficient (Wildman–Crippen LogP) is 1.09. The van der Waals surface area contributed by atoms with Crippen molar-refractivity contribution in [2.24, 2.45) is 5.92 Å². The molecule has 1 unspecified atom stereocenters. The molecule has 1 fully saturated rings. The summed E-state index contributed by atoms with van der Waals surface area (Å²) < 4.78 is 5.22. The molecule has 2 rings (SSSR count). The van der Waals surface area contributed by atoms with Crippen LogP contribution in [0, 0.1) is 16.0 Å². The van der Waals surface area contributed by atoms with Gasteiger partial charge in [0.15, 0.2) is 12.4 Å². The van der Waals surface area contributed by atoms with Crippen LogP contribution in [-0.4, -0.2) is 37.1 Å². The number of nitro groups is 1. The van der Waals surface area contributed by atoms with Gasteiger partial charge in [-0.1, -0.05) is 12.1 Å². The average Bonchev–Trinajstić information content (AvgIpc) is 2.98. The average molecular weight is 293 g/mol. The molecule has 0 spiro atoms. The van der Waals surface area contributed by atoms with E-state index in [1.54, 1.807) is 12.1 Å². The van der Waals surface area contributed by atoms with Gasteiger partial charge in [-0.15, -0.1) is 0 Å². The Kier molecular flexibility index (Phi) is 5.51. The number of benzene rings is 1. The molecule has 2 N–H and O–H groups in total. The highest BCUT2D eigenvalue weighted by Gasteiger charge is 2.16. The Morgan fingerprint density at radius 2 is 2.29 bits per heavy atom. The maximum atomic E-state index is 11.6. The third kappa shape index (κ3) is 4.71. The number of nitrogens with zero attached hydrogens (tertiary/aromatic N) is 1. The fourth-order valence-corrected chi connectivity index (χ4v) is 2.30. The van der Waals surface area contributed by atoms with Crippen molar-refractivity contribution in [2.75, 3.05) is 26.2 Å². The van der Waals surface area contributed by atoms with E-state index in [9.17, 15) is 14.9 Å². The number of carbonyl (C=O) groups excluding carboxylic acids is 1. The van der Waals surface area contributed by atoms with Gasteiger partial charge in [0.25, 0.3) is 5.91 Å². The third-order valence-corrected chi connectivity index (χ3v) is 3.46. The lowest BCUT2D eigenvalue weighted by molar-refractivity contribution is -0.385. The van der Waals surface area contributed by atoms with Gasteiger partial charge in [-0.05, 0) is 37.9 Å². The number of carbonyl (C=O) groups is 1. The van der Waals surface area contributed by atoms with Crippen molar-refractivity contribution in [1.82, 2.24) is 10.6 Å². The van der Waals surface area contributed by atoms with Gasteiger partial charge in [0.1, 0.15) is 0 Å². The van der Waals surface area contributed by atoms with E-state index in [4.69, 9.17) is 4.74 Å². The van der Waals surface area contributed by atoms with E-state index in [2.05, 4.69) is 10.6 Å². The summed E-state index contributed by atoms with van der Waals surface area (Å²) in [4.78, 5) is 21.9. The van der Waals surface area contributed by atoms with Crippen LogP contribution in [0.4, 0.5) is 5.69 Å². The van der Waals surface area contributed by atoms with E-state index < -0.39 is 4.92 Å². The van der Waals surface area contributed by atoms with Gasteiger partial charge in [0, 0.05) is 12.6 Å². The van der Waals surface area contributed by atoms with Gasteiger partial charge in [-0.2, -0.15) is 0 Å². The first kappa shape index (κ1) is 15.2. The van der Waals surface area contributed by atoms with Gasteiger partial charge in [0.05, 0.1) is 4.92 Å². The molecular formula is C14H19N3O4. The molecule has 1 atom stereocenters. The monoisotopic (exact) mass is 293 g/mol. The summed E-state index contributed by atoms with van der Waals surface area (Å²) in [5.74, 6) is 0.457. The van der Waals surface area contributed by atoms with Crippen LogP contribution in [0.3, 0.4) is 0 Å². The second-order valence-electron chi connectivity index (χ2n) is 5.01. The van der Waals surface area contributed by atoms with E-state index in [1.807, 2.05) is 0 Å². The number of para-hydroxylation sites is 2. The van der Waals surface area contributed by atoms with Gasteiger partial charge < -0.3 is 15.4 Å². The number of nitrogens with one attached hydrogen (secondary N) is 2. The molecule has 114 valence electrons. The van der Waals surface area contributed by atoms with Crippen molar-refractivity contribution in [3.63, 3.8) is 0 Å². The lowest BCUT2D eigenvalue weighted by Gasteiger charge is -2.10. The Morgan fingerprint density at radius 3 is 3.00 bits per heavy atom. The van der Waals surface area contributed by atoms with E-state index in [0.29, 0.717) is 12.5 Å². The summed E-state index contributed by atoms with van der Waals surface area (Å²) >= 11 is 0. The highest BCUT2D eigenvalue weighted by atomic mass is 16.6. The van der Waals surface area contributed by atoms with Crippen molar-refractivity contribution in [1.29, 1.82) is 0 Å². The van der Waals surface area contributed by atoms with E-state index in [-0.39, 0.29) is 24.0 Å². The van der Waals surface area contributed by atoms with Crippen LogP contribution in [0.25, 0.3) is 0 Å². The van der Waals surface area contributed by atoms with E-state index in [0.717, 1.165) is 25.9 Å². The Labute approximate surface area is 122 Å². The van der Waals surface area contributed by atoms with Crippen molar-refractivity contribution >= 4 is 11.6 Å². The molecule has 0 aromatic heterocycles. The number of nitro benzene ring substituents is 1. The maximum Gasteiger partial charge on any atom is 0.310 e. The van der Waals surface area contributed by atoms with Gasteiger partial charge >= 0.3 is 5.69 Å². The van der Waals surface area contributed by atoms with Gasteiger partial charge in [0.2, 0.25) is 0 Å². The third-order valence-electron chi connectivity index (χ3n) is 3.46. The Hall–Kier alpha value is -2.15. The molecule has 0 aliphatic carbocycles. The SMILES string of the molecule is O=C(COc1ccccc1[N+](=O)[O-])NCCC1CCNC1. The molecular weight excluding hydrogens is 274 g/mol. The molecule has 7 heteroatoms. The van der Waals surface area contributed by atoms with Crippen LogP contribution in [0.5, 0.6) is 5.75 Å². The summed E-state index contributed by atoms with van der Waals surface area (Å²) in [7, 11) is 0. The largest absolute Gasteiger partial charge is 0.477 e. The Bertz CT molecular complexity index is 501. The normalized spacial score (nSPS) is 17.4. The van der Waals surface area contributed by atoms with E-state index in [1.165, 1.54) is 12.1 Å². The molecule has 0 saturated carbocycles. The van der Waals surface area contributed by atoms with Gasteiger partial charge in [-0.25, -0.2) is 0 Å². The minimum atomic E-state index is -0.527. The van der Waals surface area contributed by atoms with Gasteiger partial charge in [-0.3, -0.25) is 14.9 Å². The highest BCUT2D eigenvalue weighted by molar-refractivity contribution is 5.77. The molecule has 0 radical (unpaired) electrons. The lowest BCUT2D eigenvalue weighted by Crippen LogP contribution is -2.31. The summed E-state index contributed by atoms with van der Waals surface area (Å²) in [6, 6.07) is 6.02. The van der Waals surface area contributed by atoms with Crippen LogP contribution in [0.1, 0.15) is 12.8 Å². The zero-order chi connectivity index (χ0) is 15.1. The number of rotatable bonds is 7. The minimum Gasteiger partial charge on any atom is -0.477 e. The molecule has 1 heterocycles. The summed E-state index contributed by atoms with van der Waals surface area (Å²) in [5.41, 5.74) is -0.137. The van der Waals surface area contributed by atoms with Crippen LogP contribution in [0.15, 0.2) is 24.3 Å². The summed E-state index contributed by atoms with van der Waals surface area (Å²) in [6.45, 7) is 2.43. The minimum absolute atomic E-state index is 0.109. The number of hydrogen-bond donors (Lipinski definition) is 2. The van der Waals surface area contributed by atoms with E-state index >= 15 is 0 Å². The zero-order valence-electron chi connectivity index (χ0n) is 11.7. The number of amides is 1. The van der Waals surface area contributed by atoms with Crippen molar-refractivity contribution < 1.29 is 14.5 Å².